The molecule has 2 rings (SSSR count). The van der Waals surface area contributed by atoms with Crippen LogP contribution >= 0.6 is 0 Å². The number of nitrogens with zero attached hydrogens (tertiary/aromatic N) is 1. The number of hydrogen-bond acceptors (Lipinski definition) is 3. The molecule has 1 aromatic carbocycles. The van der Waals surface area contributed by atoms with Gasteiger partial charge in [-0.25, -0.2) is 8.78 Å². The maximum Gasteiger partial charge on any atom is 0.236 e. The lowest BCUT2D eigenvalue weighted by Crippen LogP contribution is -2.57. The number of amides is 1. The van der Waals surface area contributed by atoms with E-state index in [-0.39, 0.29) is 11.1 Å². The molecule has 0 aliphatic carbocycles. The summed E-state index contributed by atoms with van der Waals surface area (Å²) in [4.78, 5) is 13.3. The number of nitrogens with one attached hydrogen (secondary N) is 1. The van der Waals surface area contributed by atoms with E-state index in [1.165, 1.54) is 19.1 Å². The number of carbonyl (C=O) groups is 1. The maximum atomic E-state index is 14.0. The summed E-state index contributed by atoms with van der Waals surface area (Å²) in [6.07, 6.45) is 0. The Bertz CT molecular complexity index is 521. The molecule has 3 N–H and O–H groups in total. The molecule has 1 heterocycles. The van der Waals surface area contributed by atoms with Gasteiger partial charge in [-0.15, -0.1) is 0 Å². The van der Waals surface area contributed by atoms with E-state index >= 15 is 0 Å². The third-order valence-corrected chi connectivity index (χ3v) is 3.84. The van der Waals surface area contributed by atoms with Gasteiger partial charge in [0.2, 0.25) is 5.91 Å². The van der Waals surface area contributed by atoms with Crippen LogP contribution in [0, 0.1) is 18.6 Å². The molecule has 0 radical (unpaired) electrons. The summed E-state index contributed by atoms with van der Waals surface area (Å²) in [7, 11) is 0. The molecule has 6 heteroatoms. The molecule has 0 bridgehead atoms. The number of carbonyl (C=O) groups excluding carboxylic acids is 1. The fourth-order valence-electron chi connectivity index (χ4n) is 2.61. The molecule has 0 saturated carbocycles. The summed E-state index contributed by atoms with van der Waals surface area (Å²) in [6.45, 7) is 4.95. The third kappa shape index (κ3) is 2.81. The first-order chi connectivity index (χ1) is 9.41. The van der Waals surface area contributed by atoms with Crippen LogP contribution in [0.5, 0.6) is 0 Å². The lowest BCUT2D eigenvalue weighted by atomic mass is 10.0. The Balaban J connectivity index is 2.32. The predicted molar refractivity (Wildman–Crippen MR) is 72.1 cm³/mol. The van der Waals surface area contributed by atoms with E-state index in [9.17, 15) is 13.6 Å². The maximum absolute atomic E-state index is 14.0. The molecule has 0 aromatic heterocycles. The van der Waals surface area contributed by atoms with Crippen molar-refractivity contribution in [3.8, 4) is 0 Å². The van der Waals surface area contributed by atoms with E-state index in [0.29, 0.717) is 19.6 Å². The second-order valence-corrected chi connectivity index (χ2v) is 5.16. The van der Waals surface area contributed by atoms with Crippen molar-refractivity contribution in [2.75, 3.05) is 19.6 Å². The number of aryl methyl sites for hydroxylation is 1. The van der Waals surface area contributed by atoms with Crippen LogP contribution in [0.15, 0.2) is 12.1 Å². The van der Waals surface area contributed by atoms with Crippen molar-refractivity contribution in [3.05, 3.63) is 34.9 Å². The second-order valence-electron chi connectivity index (χ2n) is 5.16. The Labute approximate surface area is 116 Å². The van der Waals surface area contributed by atoms with Gasteiger partial charge in [-0.3, -0.25) is 9.69 Å². The zero-order chi connectivity index (χ0) is 14.9. The Hall–Kier alpha value is -1.53. The smallest absolute Gasteiger partial charge is 0.236 e. The quantitative estimate of drug-likeness (QED) is 0.873. The van der Waals surface area contributed by atoms with Gasteiger partial charge in [0.25, 0.3) is 0 Å². The molecular formula is C14H19F2N3O. The Morgan fingerprint density at radius 3 is 2.80 bits per heavy atom. The van der Waals surface area contributed by atoms with Gasteiger partial charge in [0, 0.05) is 31.2 Å². The molecule has 4 nitrogen and oxygen atoms in total. The summed E-state index contributed by atoms with van der Waals surface area (Å²) >= 11 is 0. The van der Waals surface area contributed by atoms with Gasteiger partial charge in [-0.2, -0.15) is 0 Å². The van der Waals surface area contributed by atoms with Gasteiger partial charge in [0.1, 0.15) is 17.7 Å². The van der Waals surface area contributed by atoms with Crippen LogP contribution in [0.4, 0.5) is 8.78 Å². The lowest BCUT2D eigenvalue weighted by Gasteiger charge is -2.38. The summed E-state index contributed by atoms with van der Waals surface area (Å²) in [5.41, 5.74) is 5.90. The van der Waals surface area contributed by atoms with Crippen LogP contribution < -0.4 is 11.1 Å². The molecule has 2 atom stereocenters. The van der Waals surface area contributed by atoms with Crippen LogP contribution in [0.2, 0.25) is 0 Å². The molecule has 1 aliphatic rings. The lowest BCUT2D eigenvalue weighted by molar-refractivity contribution is -0.124. The fourth-order valence-corrected chi connectivity index (χ4v) is 2.61. The summed E-state index contributed by atoms with van der Waals surface area (Å²) in [5, 5.41) is 3.08. The minimum absolute atomic E-state index is 0.251. The van der Waals surface area contributed by atoms with Gasteiger partial charge >= 0.3 is 0 Å². The van der Waals surface area contributed by atoms with Gasteiger partial charge in [0.15, 0.2) is 0 Å². The Kier molecular flexibility index (Phi) is 4.35. The molecule has 110 valence electrons. The first-order valence-electron chi connectivity index (χ1n) is 6.63. The highest BCUT2D eigenvalue weighted by molar-refractivity contribution is 5.80. The van der Waals surface area contributed by atoms with Crippen molar-refractivity contribution < 1.29 is 13.6 Å². The molecular weight excluding hydrogens is 264 g/mol. The van der Waals surface area contributed by atoms with E-state index in [2.05, 4.69) is 5.32 Å². The van der Waals surface area contributed by atoms with Crippen LogP contribution in [0.25, 0.3) is 0 Å². The van der Waals surface area contributed by atoms with Gasteiger partial charge < -0.3 is 11.1 Å². The highest BCUT2D eigenvalue weighted by atomic mass is 19.1. The molecule has 1 aliphatic heterocycles. The topological polar surface area (TPSA) is 58.4 Å². The Morgan fingerprint density at radius 2 is 2.15 bits per heavy atom. The van der Waals surface area contributed by atoms with Crippen LogP contribution in [0.1, 0.15) is 24.1 Å². The molecule has 1 saturated heterocycles. The van der Waals surface area contributed by atoms with Crippen molar-refractivity contribution in [1.82, 2.24) is 10.2 Å². The summed E-state index contributed by atoms with van der Waals surface area (Å²) < 4.78 is 27.7. The van der Waals surface area contributed by atoms with Crippen molar-refractivity contribution in [1.29, 1.82) is 0 Å². The zero-order valence-electron chi connectivity index (χ0n) is 11.6. The largest absolute Gasteiger partial charge is 0.368 e. The van der Waals surface area contributed by atoms with Crippen LogP contribution in [-0.2, 0) is 4.79 Å². The standard InChI is InChI=1S/C14H19F2N3O/c1-8-5-12(16)10(6-11(8)15)9(2)19-4-3-18-7-13(19)14(17)20/h5-6,9,13,18H,3-4,7H2,1-2H3,(H2,17,20). The minimum atomic E-state index is -0.512. The normalized spacial score (nSPS) is 21.7. The van der Waals surface area contributed by atoms with E-state index in [1.54, 1.807) is 6.92 Å². The number of primary amides is 1. The third-order valence-electron chi connectivity index (χ3n) is 3.84. The molecule has 20 heavy (non-hydrogen) atoms. The van der Waals surface area contributed by atoms with E-state index in [4.69, 9.17) is 5.73 Å². The average molecular weight is 283 g/mol. The number of piperazine rings is 1. The fraction of sp³-hybridized carbons (Fsp3) is 0.500. The van der Waals surface area contributed by atoms with Gasteiger partial charge in [-0.05, 0) is 31.5 Å². The van der Waals surface area contributed by atoms with Gasteiger partial charge in [0.05, 0.1) is 0 Å². The first-order valence-corrected chi connectivity index (χ1v) is 6.63. The number of nitrogens with two attached hydrogens (primary N) is 1. The predicted octanol–water partition coefficient (Wildman–Crippen LogP) is 1.09. The number of rotatable bonds is 3. The van der Waals surface area contributed by atoms with E-state index < -0.39 is 29.6 Å². The van der Waals surface area contributed by atoms with Gasteiger partial charge in [-0.1, -0.05) is 0 Å². The van der Waals surface area contributed by atoms with Crippen molar-refractivity contribution >= 4 is 5.91 Å². The number of halogens is 2. The van der Waals surface area contributed by atoms with E-state index in [1.807, 2.05) is 4.90 Å². The van der Waals surface area contributed by atoms with Crippen LogP contribution in [0.3, 0.4) is 0 Å². The highest BCUT2D eigenvalue weighted by Crippen LogP contribution is 2.27. The van der Waals surface area contributed by atoms with Crippen LogP contribution in [-0.4, -0.2) is 36.5 Å². The van der Waals surface area contributed by atoms with Crippen molar-refractivity contribution in [2.24, 2.45) is 5.73 Å². The van der Waals surface area contributed by atoms with Crippen molar-refractivity contribution in [2.45, 2.75) is 25.9 Å². The van der Waals surface area contributed by atoms with Crippen molar-refractivity contribution in [3.63, 3.8) is 0 Å². The molecule has 1 fully saturated rings. The number of benzene rings is 1. The average Bonchev–Trinajstić information content (AvgIpc) is 2.42. The SMILES string of the molecule is Cc1cc(F)c(C(C)N2CCNCC2C(N)=O)cc1F. The highest BCUT2D eigenvalue weighted by Gasteiger charge is 2.32. The Morgan fingerprint density at radius 1 is 1.45 bits per heavy atom. The first kappa shape index (κ1) is 14.9. The molecule has 1 aromatic rings. The second kappa shape index (κ2) is 5.85. The summed E-state index contributed by atoms with van der Waals surface area (Å²) in [5.74, 6) is -1.37. The minimum Gasteiger partial charge on any atom is -0.368 e. The monoisotopic (exact) mass is 283 g/mol. The molecule has 0 spiro atoms. The number of hydrogen-bond donors (Lipinski definition) is 2. The molecule has 2 unspecified atom stereocenters. The zero-order valence-corrected chi connectivity index (χ0v) is 11.6. The summed E-state index contributed by atoms with van der Waals surface area (Å²) in [6, 6.07) is 1.46. The molecule has 1 amide bonds. The van der Waals surface area contributed by atoms with E-state index in [0.717, 1.165) is 0 Å².